The number of alkyl halides is 1. The van der Waals surface area contributed by atoms with Crippen LogP contribution in [-0.2, 0) is 9.53 Å². The molecule has 1 aromatic carbocycles. The standard InChI is InChI=1S/C11H11ClO2/c1-14-11(13)10(12)8-7-9-5-3-2-4-6-9/h2-8,10H,1H3/b8-7+. The van der Waals surface area contributed by atoms with E-state index in [0.29, 0.717) is 0 Å². The molecule has 2 nitrogen and oxygen atoms in total. The van der Waals surface area contributed by atoms with Crippen molar-refractivity contribution in [2.75, 3.05) is 7.11 Å². The molecule has 0 saturated heterocycles. The van der Waals surface area contributed by atoms with E-state index in [9.17, 15) is 4.79 Å². The number of rotatable bonds is 3. The second kappa shape index (κ2) is 5.45. The predicted octanol–water partition coefficient (Wildman–Crippen LogP) is 2.48. The first-order valence-electron chi connectivity index (χ1n) is 4.19. The molecule has 0 spiro atoms. The number of esters is 1. The number of benzene rings is 1. The van der Waals surface area contributed by atoms with E-state index in [0.717, 1.165) is 5.56 Å². The van der Waals surface area contributed by atoms with Crippen molar-refractivity contribution in [1.82, 2.24) is 0 Å². The molecular formula is C11H11ClO2. The highest BCUT2D eigenvalue weighted by molar-refractivity contribution is 6.31. The maximum Gasteiger partial charge on any atom is 0.327 e. The summed E-state index contributed by atoms with van der Waals surface area (Å²) in [7, 11) is 1.31. The summed E-state index contributed by atoms with van der Waals surface area (Å²) in [6.07, 6.45) is 3.39. The maximum atomic E-state index is 10.9. The molecule has 0 aliphatic heterocycles. The minimum Gasteiger partial charge on any atom is -0.468 e. The van der Waals surface area contributed by atoms with Crippen LogP contribution in [0.5, 0.6) is 0 Å². The van der Waals surface area contributed by atoms with Crippen molar-refractivity contribution in [3.05, 3.63) is 42.0 Å². The molecular weight excluding hydrogens is 200 g/mol. The van der Waals surface area contributed by atoms with Gasteiger partial charge in [0.15, 0.2) is 0 Å². The molecule has 0 N–H and O–H groups in total. The van der Waals surface area contributed by atoms with Gasteiger partial charge in [0, 0.05) is 0 Å². The average Bonchev–Trinajstić information content (AvgIpc) is 2.26. The van der Waals surface area contributed by atoms with Crippen molar-refractivity contribution < 1.29 is 9.53 Å². The summed E-state index contributed by atoms with van der Waals surface area (Å²) in [6, 6.07) is 9.62. The second-order valence-corrected chi connectivity index (χ2v) is 3.16. The van der Waals surface area contributed by atoms with E-state index >= 15 is 0 Å². The third-order valence-electron chi connectivity index (χ3n) is 1.68. The van der Waals surface area contributed by atoms with Gasteiger partial charge in [0.05, 0.1) is 7.11 Å². The number of hydrogen-bond donors (Lipinski definition) is 0. The molecule has 74 valence electrons. The molecule has 0 radical (unpaired) electrons. The van der Waals surface area contributed by atoms with E-state index in [2.05, 4.69) is 4.74 Å². The van der Waals surface area contributed by atoms with Crippen LogP contribution in [0.3, 0.4) is 0 Å². The summed E-state index contributed by atoms with van der Waals surface area (Å²) in [5.41, 5.74) is 1.00. The van der Waals surface area contributed by atoms with Gasteiger partial charge in [-0.3, -0.25) is 4.79 Å². The first-order valence-corrected chi connectivity index (χ1v) is 4.63. The summed E-state index contributed by atoms with van der Waals surface area (Å²) < 4.78 is 4.48. The fraction of sp³-hybridized carbons (Fsp3) is 0.182. The Kier molecular flexibility index (Phi) is 4.20. The van der Waals surface area contributed by atoms with Crippen molar-refractivity contribution in [2.24, 2.45) is 0 Å². The van der Waals surface area contributed by atoms with Gasteiger partial charge in [-0.25, -0.2) is 0 Å². The lowest BCUT2D eigenvalue weighted by Crippen LogP contribution is -2.12. The van der Waals surface area contributed by atoms with E-state index in [-0.39, 0.29) is 0 Å². The van der Waals surface area contributed by atoms with Gasteiger partial charge in [0.2, 0.25) is 0 Å². The molecule has 0 aliphatic carbocycles. The van der Waals surface area contributed by atoms with Crippen LogP contribution in [0.4, 0.5) is 0 Å². The monoisotopic (exact) mass is 210 g/mol. The van der Waals surface area contributed by atoms with Crippen LogP contribution >= 0.6 is 11.6 Å². The number of methoxy groups -OCH3 is 1. The summed E-state index contributed by atoms with van der Waals surface area (Å²) in [5, 5.41) is -0.722. The Morgan fingerprint density at radius 3 is 2.64 bits per heavy atom. The summed E-state index contributed by atoms with van der Waals surface area (Å²) in [5.74, 6) is -0.446. The van der Waals surface area contributed by atoms with Gasteiger partial charge >= 0.3 is 5.97 Å². The number of hydrogen-bond acceptors (Lipinski definition) is 2. The third kappa shape index (κ3) is 3.23. The van der Waals surface area contributed by atoms with Crippen molar-refractivity contribution in [1.29, 1.82) is 0 Å². The normalized spacial score (nSPS) is 12.7. The first kappa shape index (κ1) is 10.8. The van der Waals surface area contributed by atoms with Crippen molar-refractivity contribution in [3.8, 4) is 0 Å². The molecule has 14 heavy (non-hydrogen) atoms. The van der Waals surface area contributed by atoms with Crippen molar-refractivity contribution >= 4 is 23.6 Å². The Labute approximate surface area is 88.1 Å². The predicted molar refractivity (Wildman–Crippen MR) is 57.1 cm³/mol. The number of halogens is 1. The summed E-state index contributed by atoms with van der Waals surface area (Å²) >= 11 is 5.72. The highest BCUT2D eigenvalue weighted by Gasteiger charge is 2.10. The van der Waals surface area contributed by atoms with Gasteiger partial charge in [-0.1, -0.05) is 42.5 Å². The van der Waals surface area contributed by atoms with Crippen molar-refractivity contribution in [3.63, 3.8) is 0 Å². The number of carbonyl (C=O) groups is 1. The third-order valence-corrected chi connectivity index (χ3v) is 2.01. The van der Waals surface area contributed by atoms with Gasteiger partial charge in [0.1, 0.15) is 5.38 Å². The highest BCUT2D eigenvalue weighted by atomic mass is 35.5. The summed E-state index contributed by atoms with van der Waals surface area (Å²) in [4.78, 5) is 10.9. The number of carbonyl (C=O) groups excluding carboxylic acids is 1. The van der Waals surface area contributed by atoms with Gasteiger partial charge in [-0.05, 0) is 5.56 Å². The highest BCUT2D eigenvalue weighted by Crippen LogP contribution is 2.06. The molecule has 1 atom stereocenters. The SMILES string of the molecule is COC(=O)C(Cl)/C=C/c1ccccc1. The first-order chi connectivity index (χ1) is 6.74. The van der Waals surface area contributed by atoms with Gasteiger partial charge in [-0.2, -0.15) is 0 Å². The minimum absolute atomic E-state index is 0.446. The fourth-order valence-electron chi connectivity index (χ4n) is 0.951. The van der Waals surface area contributed by atoms with E-state index in [1.165, 1.54) is 7.11 Å². The van der Waals surface area contributed by atoms with E-state index in [1.54, 1.807) is 12.2 Å². The van der Waals surface area contributed by atoms with Crippen LogP contribution < -0.4 is 0 Å². The zero-order valence-corrected chi connectivity index (χ0v) is 8.57. The van der Waals surface area contributed by atoms with E-state index in [4.69, 9.17) is 11.6 Å². The van der Waals surface area contributed by atoms with Gasteiger partial charge < -0.3 is 4.74 Å². The van der Waals surface area contributed by atoms with Crippen LogP contribution in [0.15, 0.2) is 36.4 Å². The van der Waals surface area contributed by atoms with E-state index in [1.807, 2.05) is 30.3 Å². The van der Waals surface area contributed by atoms with Crippen LogP contribution in [-0.4, -0.2) is 18.5 Å². The van der Waals surface area contributed by atoms with Crippen LogP contribution in [0.1, 0.15) is 5.56 Å². The zero-order valence-electron chi connectivity index (χ0n) is 7.81. The molecule has 1 rings (SSSR count). The molecule has 0 bridgehead atoms. The molecule has 0 fully saturated rings. The fourth-order valence-corrected chi connectivity index (χ4v) is 1.11. The molecule has 0 saturated carbocycles. The molecule has 0 amide bonds. The van der Waals surface area contributed by atoms with Crippen LogP contribution in [0, 0.1) is 0 Å². The van der Waals surface area contributed by atoms with Gasteiger partial charge in [0.25, 0.3) is 0 Å². The quantitative estimate of drug-likeness (QED) is 0.566. The topological polar surface area (TPSA) is 26.3 Å². The second-order valence-electron chi connectivity index (χ2n) is 2.69. The lowest BCUT2D eigenvalue weighted by molar-refractivity contribution is -0.139. The molecule has 1 unspecified atom stereocenters. The Balaban J connectivity index is 2.60. The largest absolute Gasteiger partial charge is 0.468 e. The van der Waals surface area contributed by atoms with Crippen LogP contribution in [0.25, 0.3) is 6.08 Å². The lowest BCUT2D eigenvalue weighted by Gasteiger charge is -2.00. The minimum atomic E-state index is -0.722. The smallest absolute Gasteiger partial charge is 0.327 e. The Morgan fingerprint density at radius 1 is 1.43 bits per heavy atom. The van der Waals surface area contributed by atoms with Gasteiger partial charge in [-0.15, -0.1) is 11.6 Å². The lowest BCUT2D eigenvalue weighted by atomic mass is 10.2. The molecule has 0 aliphatic rings. The molecule has 0 aromatic heterocycles. The maximum absolute atomic E-state index is 10.9. The van der Waals surface area contributed by atoms with Crippen LogP contribution in [0.2, 0.25) is 0 Å². The molecule has 1 aromatic rings. The Bertz CT molecular complexity index is 319. The van der Waals surface area contributed by atoms with E-state index < -0.39 is 11.3 Å². The Hall–Kier alpha value is -1.28. The Morgan fingerprint density at radius 2 is 2.07 bits per heavy atom. The molecule has 0 heterocycles. The molecule has 3 heteroatoms. The number of ether oxygens (including phenoxy) is 1. The summed E-state index contributed by atoms with van der Waals surface area (Å²) in [6.45, 7) is 0. The zero-order chi connectivity index (χ0) is 10.4. The van der Waals surface area contributed by atoms with Crippen molar-refractivity contribution in [2.45, 2.75) is 5.38 Å². The average molecular weight is 211 g/mol.